The molecule has 0 radical (unpaired) electrons. The van der Waals surface area contributed by atoms with Crippen LogP contribution in [0.3, 0.4) is 0 Å². The summed E-state index contributed by atoms with van der Waals surface area (Å²) >= 11 is 0. The van der Waals surface area contributed by atoms with E-state index in [1.165, 1.54) is 0 Å². The van der Waals surface area contributed by atoms with Gasteiger partial charge in [-0.3, -0.25) is 0 Å². The Morgan fingerprint density at radius 2 is 2.19 bits per heavy atom. The molecule has 2 unspecified atom stereocenters. The molecule has 4 nitrogen and oxygen atoms in total. The number of alkyl carbamates (subject to hydrolysis) is 1. The molecule has 0 aromatic carbocycles. The molecule has 0 spiro atoms. The molecule has 1 fully saturated rings. The number of rotatable bonds is 2. The van der Waals surface area contributed by atoms with Gasteiger partial charge in [-0.1, -0.05) is 6.92 Å². The molecule has 2 N–H and O–H groups in total. The Morgan fingerprint density at radius 3 is 2.75 bits per heavy atom. The van der Waals surface area contributed by atoms with Crippen molar-refractivity contribution in [2.45, 2.75) is 64.6 Å². The molecule has 0 saturated carbocycles. The Kier molecular flexibility index (Phi) is 4.59. The smallest absolute Gasteiger partial charge is 0.407 e. The van der Waals surface area contributed by atoms with Gasteiger partial charge < -0.3 is 15.4 Å². The number of hydrogen-bond donors (Lipinski definition) is 2. The van der Waals surface area contributed by atoms with Gasteiger partial charge in [0.2, 0.25) is 0 Å². The largest absolute Gasteiger partial charge is 0.444 e. The summed E-state index contributed by atoms with van der Waals surface area (Å²) in [6.07, 6.45) is 2.78. The zero-order valence-corrected chi connectivity index (χ0v) is 10.8. The molecule has 0 aliphatic carbocycles. The van der Waals surface area contributed by atoms with E-state index in [-0.39, 0.29) is 12.1 Å². The summed E-state index contributed by atoms with van der Waals surface area (Å²) in [5.74, 6) is 0. The Hall–Kier alpha value is -0.770. The minimum absolute atomic E-state index is 0.251. The van der Waals surface area contributed by atoms with E-state index < -0.39 is 5.60 Å². The Labute approximate surface area is 98.1 Å². The first-order chi connectivity index (χ1) is 7.40. The van der Waals surface area contributed by atoms with Crippen molar-refractivity contribution in [2.75, 3.05) is 6.54 Å². The maximum atomic E-state index is 11.6. The first-order valence-corrected chi connectivity index (χ1v) is 6.13. The zero-order chi connectivity index (χ0) is 12.2. The molecule has 0 bridgehead atoms. The van der Waals surface area contributed by atoms with Crippen molar-refractivity contribution < 1.29 is 9.53 Å². The van der Waals surface area contributed by atoms with E-state index >= 15 is 0 Å². The summed E-state index contributed by atoms with van der Waals surface area (Å²) < 4.78 is 5.24. The second-order valence-corrected chi connectivity index (χ2v) is 5.43. The summed E-state index contributed by atoms with van der Waals surface area (Å²) in [6, 6.07) is 0.773. The molecule has 1 saturated heterocycles. The lowest BCUT2D eigenvalue weighted by Crippen LogP contribution is -2.48. The normalized spacial score (nSPS) is 26.2. The van der Waals surface area contributed by atoms with Crippen molar-refractivity contribution in [1.82, 2.24) is 10.6 Å². The van der Waals surface area contributed by atoms with Crippen molar-refractivity contribution >= 4 is 6.09 Å². The van der Waals surface area contributed by atoms with Crippen molar-refractivity contribution in [1.29, 1.82) is 0 Å². The maximum Gasteiger partial charge on any atom is 0.407 e. The zero-order valence-electron chi connectivity index (χ0n) is 10.8. The number of amides is 1. The van der Waals surface area contributed by atoms with Crippen LogP contribution in [-0.2, 0) is 4.74 Å². The van der Waals surface area contributed by atoms with Gasteiger partial charge >= 0.3 is 6.09 Å². The molecule has 2 atom stereocenters. The molecule has 4 heteroatoms. The predicted molar refractivity (Wildman–Crippen MR) is 64.5 cm³/mol. The fraction of sp³-hybridized carbons (Fsp3) is 0.917. The molecular weight excluding hydrogens is 204 g/mol. The molecule has 94 valence electrons. The standard InChI is InChI=1S/C12H24N2O2/c1-5-9-8-10(6-7-13-9)14-11(15)16-12(2,3)4/h9-10,13H,5-8H2,1-4H3,(H,14,15). The molecular formula is C12H24N2O2. The SMILES string of the molecule is CCC1CC(NC(=O)OC(C)(C)C)CCN1. The van der Waals surface area contributed by atoms with E-state index in [1.54, 1.807) is 0 Å². The minimum atomic E-state index is -0.416. The highest BCUT2D eigenvalue weighted by Crippen LogP contribution is 2.12. The van der Waals surface area contributed by atoms with Crippen LogP contribution in [0.4, 0.5) is 4.79 Å². The van der Waals surface area contributed by atoms with E-state index in [4.69, 9.17) is 4.74 Å². The number of ether oxygens (including phenoxy) is 1. The summed E-state index contributed by atoms with van der Waals surface area (Å²) in [5, 5.41) is 6.37. The van der Waals surface area contributed by atoms with E-state index in [0.29, 0.717) is 6.04 Å². The topological polar surface area (TPSA) is 50.4 Å². The van der Waals surface area contributed by atoms with Gasteiger partial charge in [-0.2, -0.15) is 0 Å². The molecule has 1 amide bonds. The van der Waals surface area contributed by atoms with Gasteiger partial charge in [0.15, 0.2) is 0 Å². The van der Waals surface area contributed by atoms with Crippen LogP contribution in [0.2, 0.25) is 0 Å². The Morgan fingerprint density at radius 1 is 1.50 bits per heavy atom. The van der Waals surface area contributed by atoms with Crippen molar-refractivity contribution in [3.8, 4) is 0 Å². The van der Waals surface area contributed by atoms with Crippen LogP contribution in [0.15, 0.2) is 0 Å². The third kappa shape index (κ3) is 4.84. The molecule has 1 aliphatic heterocycles. The third-order valence-corrected chi connectivity index (χ3v) is 2.71. The van der Waals surface area contributed by atoms with Gasteiger partial charge in [-0.25, -0.2) is 4.79 Å². The van der Waals surface area contributed by atoms with E-state index in [2.05, 4.69) is 17.6 Å². The van der Waals surface area contributed by atoms with E-state index in [1.807, 2.05) is 20.8 Å². The molecule has 0 aromatic heterocycles. The van der Waals surface area contributed by atoms with Gasteiger partial charge in [0.25, 0.3) is 0 Å². The van der Waals surface area contributed by atoms with Gasteiger partial charge in [0.05, 0.1) is 0 Å². The fourth-order valence-electron chi connectivity index (χ4n) is 1.92. The highest BCUT2D eigenvalue weighted by atomic mass is 16.6. The summed E-state index contributed by atoms with van der Waals surface area (Å²) in [4.78, 5) is 11.6. The number of carbonyl (C=O) groups excluding carboxylic acids is 1. The van der Waals surface area contributed by atoms with Crippen LogP contribution in [0.25, 0.3) is 0 Å². The van der Waals surface area contributed by atoms with Crippen LogP contribution in [-0.4, -0.2) is 30.3 Å². The van der Waals surface area contributed by atoms with Crippen molar-refractivity contribution in [3.63, 3.8) is 0 Å². The van der Waals surface area contributed by atoms with E-state index in [0.717, 1.165) is 25.8 Å². The Bertz CT molecular complexity index is 236. The molecule has 1 rings (SSSR count). The summed E-state index contributed by atoms with van der Waals surface area (Å²) in [7, 11) is 0. The van der Waals surface area contributed by atoms with Crippen LogP contribution in [0.5, 0.6) is 0 Å². The highest BCUT2D eigenvalue weighted by Gasteiger charge is 2.24. The summed E-state index contributed by atoms with van der Waals surface area (Å²) in [6.45, 7) is 8.77. The molecule has 16 heavy (non-hydrogen) atoms. The van der Waals surface area contributed by atoms with Crippen LogP contribution in [0.1, 0.15) is 47.0 Å². The first-order valence-electron chi connectivity index (χ1n) is 6.13. The summed E-state index contributed by atoms with van der Waals surface area (Å²) in [5.41, 5.74) is -0.416. The van der Waals surface area contributed by atoms with Crippen LogP contribution < -0.4 is 10.6 Å². The lowest BCUT2D eigenvalue weighted by molar-refractivity contribution is 0.0490. The quantitative estimate of drug-likeness (QED) is 0.760. The molecule has 1 heterocycles. The monoisotopic (exact) mass is 228 g/mol. The second kappa shape index (κ2) is 5.53. The Balaban J connectivity index is 2.33. The van der Waals surface area contributed by atoms with Crippen molar-refractivity contribution in [3.05, 3.63) is 0 Å². The number of hydrogen-bond acceptors (Lipinski definition) is 3. The number of nitrogens with one attached hydrogen (secondary N) is 2. The first kappa shape index (κ1) is 13.3. The number of carbonyl (C=O) groups is 1. The van der Waals surface area contributed by atoms with Crippen molar-refractivity contribution in [2.24, 2.45) is 0 Å². The maximum absolute atomic E-state index is 11.6. The number of piperidine rings is 1. The van der Waals surface area contributed by atoms with Crippen LogP contribution in [0, 0.1) is 0 Å². The lowest BCUT2D eigenvalue weighted by Gasteiger charge is -2.31. The molecule has 0 aromatic rings. The molecule has 1 aliphatic rings. The van der Waals surface area contributed by atoms with Gasteiger partial charge in [0.1, 0.15) is 5.60 Å². The van der Waals surface area contributed by atoms with Gasteiger partial charge in [0, 0.05) is 12.1 Å². The second-order valence-electron chi connectivity index (χ2n) is 5.43. The lowest BCUT2D eigenvalue weighted by atomic mass is 9.98. The minimum Gasteiger partial charge on any atom is -0.444 e. The third-order valence-electron chi connectivity index (χ3n) is 2.71. The average molecular weight is 228 g/mol. The van der Waals surface area contributed by atoms with E-state index in [9.17, 15) is 4.79 Å². The highest BCUT2D eigenvalue weighted by molar-refractivity contribution is 5.68. The van der Waals surface area contributed by atoms with Crippen LogP contribution >= 0.6 is 0 Å². The van der Waals surface area contributed by atoms with Gasteiger partial charge in [-0.15, -0.1) is 0 Å². The average Bonchev–Trinajstić information content (AvgIpc) is 2.15. The fourth-order valence-corrected chi connectivity index (χ4v) is 1.92. The predicted octanol–water partition coefficient (Wildman–Crippen LogP) is 2.04. The van der Waals surface area contributed by atoms with Gasteiger partial charge in [-0.05, 0) is 46.6 Å².